The fraction of sp³-hybridized carbons (Fsp3) is 1.00. The van der Waals surface area contributed by atoms with Gasteiger partial charge in [0.05, 0.1) is 0 Å². The molecule has 0 bridgehead atoms. The molecule has 8 nitrogen and oxygen atoms in total. The summed E-state index contributed by atoms with van der Waals surface area (Å²) in [5.74, 6) is 0. The fourth-order valence-corrected chi connectivity index (χ4v) is 2.20. The molecule has 4 N–H and O–H groups in total. The molecule has 0 saturated heterocycles. The Morgan fingerprint density at radius 1 is 1.50 bits per heavy atom. The van der Waals surface area contributed by atoms with Crippen LogP contribution in [-0.4, -0.2) is 28.8 Å². The van der Waals surface area contributed by atoms with Crippen LogP contribution in [-0.2, 0) is 18.0 Å². The van der Waals surface area contributed by atoms with E-state index >= 15 is 0 Å². The number of nitrogens with one attached hydrogen (secondary N) is 1. The normalized spacial score (nSPS) is 18.8. The van der Waals surface area contributed by atoms with Crippen molar-refractivity contribution < 1.29 is 32.7 Å². The fourth-order valence-electron chi connectivity index (χ4n) is 0.322. The summed E-state index contributed by atoms with van der Waals surface area (Å²) in [7, 11) is -6.91. The van der Waals surface area contributed by atoms with E-state index in [0.29, 0.717) is 0 Å². The first-order valence-corrected chi connectivity index (χ1v) is 5.92. The zero-order chi connectivity index (χ0) is 9.83. The molecule has 0 aromatic rings. The van der Waals surface area contributed by atoms with Crippen molar-refractivity contribution in [2.24, 2.45) is 0 Å². The minimum atomic E-state index is -4.53. The molecule has 0 spiro atoms. The molecule has 0 heterocycles. The van der Waals surface area contributed by atoms with Crippen molar-refractivity contribution in [1.82, 2.24) is 5.48 Å². The van der Waals surface area contributed by atoms with E-state index < -0.39 is 16.0 Å². The Morgan fingerprint density at radius 2 is 2.00 bits per heavy atom. The predicted octanol–water partition coefficient (Wildman–Crippen LogP) is -0.705. The van der Waals surface area contributed by atoms with Gasteiger partial charge in [0.1, 0.15) is 0 Å². The van der Waals surface area contributed by atoms with E-state index in [-0.39, 0.29) is 0 Å². The summed E-state index contributed by atoms with van der Waals surface area (Å²) >= 11 is 0. The summed E-state index contributed by atoms with van der Waals surface area (Å²) < 4.78 is 22.5. The molecule has 0 rings (SSSR count). The Labute approximate surface area is 69.3 Å². The molecule has 0 aliphatic rings. The third-order valence-electron chi connectivity index (χ3n) is 0.707. The van der Waals surface area contributed by atoms with Crippen LogP contribution in [0.1, 0.15) is 0 Å². The molecule has 0 aromatic carbocycles. The van der Waals surface area contributed by atoms with Crippen molar-refractivity contribution in [2.75, 3.05) is 14.2 Å². The van der Waals surface area contributed by atoms with Crippen LogP contribution in [0.2, 0.25) is 0 Å². The second kappa shape index (κ2) is 4.57. The molecule has 0 saturated carbocycles. The molecule has 10 heteroatoms. The van der Waals surface area contributed by atoms with E-state index in [1.165, 1.54) is 7.05 Å². The van der Waals surface area contributed by atoms with Gasteiger partial charge in [0.2, 0.25) is 0 Å². The molecule has 0 aliphatic heterocycles. The monoisotopic (exact) mass is 223 g/mol. The first-order chi connectivity index (χ1) is 5.33. The van der Waals surface area contributed by atoms with Crippen LogP contribution in [0.3, 0.4) is 0 Å². The van der Waals surface area contributed by atoms with Gasteiger partial charge in [-0.25, -0.2) is 0 Å². The van der Waals surface area contributed by atoms with Crippen molar-refractivity contribution >= 4 is 16.0 Å². The van der Waals surface area contributed by atoms with E-state index in [4.69, 9.17) is 14.7 Å². The van der Waals surface area contributed by atoms with Gasteiger partial charge >= 0.3 is 68.3 Å². The first kappa shape index (κ1) is 12.4. The molecule has 0 aliphatic carbocycles. The van der Waals surface area contributed by atoms with Crippen molar-refractivity contribution in [1.29, 1.82) is 0 Å². The zero-order valence-corrected chi connectivity index (χ0v) is 8.32. The predicted molar refractivity (Wildman–Crippen MR) is 40.8 cm³/mol. The Hall–Kier alpha value is 0.380. The molecule has 12 heavy (non-hydrogen) atoms. The molecule has 0 amide bonds. The van der Waals surface area contributed by atoms with Crippen LogP contribution in [0.5, 0.6) is 0 Å². The van der Waals surface area contributed by atoms with E-state index in [1.54, 1.807) is 0 Å². The standard InChI is InChI=1S/C2H11NO7P2/c1-3-9-12(6,7)10-11(4,5)8-2/h3-5,11H,1-2H3,(H,6,7). The van der Waals surface area contributed by atoms with Crippen LogP contribution in [0, 0.1) is 0 Å². The summed E-state index contributed by atoms with van der Waals surface area (Å²) in [6.45, 7) is 0. The number of phosphoric acid groups is 1. The molecule has 0 radical (unpaired) electrons. The van der Waals surface area contributed by atoms with E-state index in [1.807, 2.05) is 5.48 Å². The van der Waals surface area contributed by atoms with Gasteiger partial charge in [0.15, 0.2) is 0 Å². The quantitative estimate of drug-likeness (QED) is 0.356. The average molecular weight is 223 g/mol. The second-order valence-electron chi connectivity index (χ2n) is 1.61. The van der Waals surface area contributed by atoms with Gasteiger partial charge in [0.25, 0.3) is 0 Å². The van der Waals surface area contributed by atoms with E-state index in [0.717, 1.165) is 7.11 Å². The van der Waals surface area contributed by atoms with Crippen molar-refractivity contribution in [3.05, 3.63) is 0 Å². The Bertz CT molecular complexity index is 182. The number of hydroxylamine groups is 1. The molecule has 0 aromatic heterocycles. The van der Waals surface area contributed by atoms with Gasteiger partial charge in [-0.05, 0) is 0 Å². The maximum atomic E-state index is 10.7. The molecular weight excluding hydrogens is 212 g/mol. The zero-order valence-electron chi connectivity index (χ0n) is 6.42. The van der Waals surface area contributed by atoms with E-state index in [2.05, 4.69) is 13.5 Å². The van der Waals surface area contributed by atoms with Crippen LogP contribution in [0.15, 0.2) is 0 Å². The molecule has 1 unspecified atom stereocenters. The SMILES string of the molecule is CNOP(=O)(O)O[PH](O)(O)OC. The van der Waals surface area contributed by atoms with Crippen molar-refractivity contribution in [3.8, 4) is 0 Å². The minimum absolute atomic E-state index is 0.922. The van der Waals surface area contributed by atoms with Crippen LogP contribution < -0.4 is 5.48 Å². The Kier molecular flexibility index (Phi) is 4.71. The van der Waals surface area contributed by atoms with Gasteiger partial charge in [-0.2, -0.15) is 0 Å². The molecule has 0 fully saturated rings. The second-order valence-corrected chi connectivity index (χ2v) is 4.96. The van der Waals surface area contributed by atoms with Gasteiger partial charge < -0.3 is 0 Å². The average Bonchev–Trinajstić information content (AvgIpc) is 1.85. The third-order valence-corrected chi connectivity index (χ3v) is 3.53. The molecular formula is C2H11NO7P2. The summed E-state index contributed by atoms with van der Waals surface area (Å²) in [4.78, 5) is 26.1. The van der Waals surface area contributed by atoms with Crippen molar-refractivity contribution in [2.45, 2.75) is 0 Å². The number of hydrogen-bond donors (Lipinski definition) is 4. The van der Waals surface area contributed by atoms with Gasteiger partial charge in [-0.1, -0.05) is 0 Å². The van der Waals surface area contributed by atoms with Crippen LogP contribution in [0.25, 0.3) is 0 Å². The number of rotatable bonds is 5. The van der Waals surface area contributed by atoms with Crippen molar-refractivity contribution in [3.63, 3.8) is 0 Å². The summed E-state index contributed by atoms with van der Waals surface area (Å²) in [5.41, 5.74) is 1.86. The first-order valence-electron chi connectivity index (χ1n) is 2.72. The van der Waals surface area contributed by atoms with E-state index in [9.17, 15) is 4.57 Å². The Balaban J connectivity index is 4.14. The molecule has 76 valence electrons. The third kappa shape index (κ3) is 5.10. The van der Waals surface area contributed by atoms with Crippen LogP contribution >= 0.6 is 16.0 Å². The number of hydrogen-bond acceptors (Lipinski definition) is 7. The van der Waals surface area contributed by atoms with Gasteiger partial charge in [-0.3, -0.25) is 0 Å². The van der Waals surface area contributed by atoms with Gasteiger partial charge in [-0.15, -0.1) is 0 Å². The summed E-state index contributed by atoms with van der Waals surface area (Å²) in [6.07, 6.45) is 0. The maximum absolute atomic E-state index is 10.7. The summed E-state index contributed by atoms with van der Waals surface area (Å²) in [5, 5.41) is 0. The molecule has 1 atom stereocenters. The van der Waals surface area contributed by atoms with Gasteiger partial charge in [0, 0.05) is 0 Å². The Morgan fingerprint density at radius 3 is 2.33 bits per heavy atom. The van der Waals surface area contributed by atoms with Crippen LogP contribution in [0.4, 0.5) is 0 Å². The summed E-state index contributed by atoms with van der Waals surface area (Å²) in [6, 6.07) is 0. The topological polar surface area (TPSA) is 117 Å².